The fourth-order valence-electron chi connectivity index (χ4n) is 14.6. The standard InChI is InChI=1S/C29H33.C26H27.C2H6Si.2ClH.Zr/c1-3-19(2)25-14-24-5-4-6-27(28(24)15-25)23-7-9-26(10-8-23)29-16-20-11-21(17-29)13-22(12-20)18-29;1-17-9-22-3-2-4-24(25(22)10-17)21-5-7-23(8-6-21)26-14-18-11-19(15-26)13-20(12-18)16-26;1-3-2;;;/h4-10,14-15,19-22H,3,11-13,16-18H2,1-2H3;2-10,18-20H,11-16H2,1H3;1-2H3;2*1H;/q2*-1;;;;+4/p-2. The molecular formula is C57H66Cl2SiZr. The van der Waals surface area contributed by atoms with Crippen molar-refractivity contribution in [1.29, 1.82) is 0 Å². The predicted molar refractivity (Wildman–Crippen MR) is 262 cm³/mol. The van der Waals surface area contributed by atoms with Gasteiger partial charge in [-0.15, -0.1) is 69.1 Å². The fraction of sp³-hybridized carbons (Fsp3) is 0.474. The number of hydrogen-bond acceptors (Lipinski definition) is 0. The van der Waals surface area contributed by atoms with Crippen LogP contribution >= 0.6 is 17.0 Å². The molecule has 14 rings (SSSR count). The molecular weight excluding hydrogens is 875 g/mol. The van der Waals surface area contributed by atoms with E-state index in [1.165, 1.54) is 138 Å². The SMILES string of the molecule is CCC(C)c1cc2c(-c3ccc(C45CC6CC(CC(C6)C4)C5)cc3)cccc2[cH-]1.C[Si]C.Cc1cc2c(-c3ccc(C45CC6CC(CC(C6)C4)C5)cc3)cccc2[cH-]1.[Cl][Zr+2][Cl]. The van der Waals surface area contributed by atoms with Crippen LogP contribution in [-0.2, 0) is 31.7 Å². The van der Waals surface area contributed by atoms with Crippen LogP contribution in [0, 0.1) is 42.4 Å². The summed E-state index contributed by atoms with van der Waals surface area (Å²) < 4.78 is 0. The molecule has 1 atom stereocenters. The van der Waals surface area contributed by atoms with Crippen molar-refractivity contribution in [2.45, 2.75) is 134 Å². The van der Waals surface area contributed by atoms with Crippen molar-refractivity contribution in [2.24, 2.45) is 35.5 Å². The third kappa shape index (κ3) is 8.94. The van der Waals surface area contributed by atoms with Crippen molar-refractivity contribution in [3.05, 3.63) is 131 Å². The van der Waals surface area contributed by atoms with E-state index in [0.717, 1.165) is 45.0 Å². The van der Waals surface area contributed by atoms with Crippen molar-refractivity contribution < 1.29 is 20.8 Å². The van der Waals surface area contributed by atoms with Gasteiger partial charge >= 0.3 is 37.9 Å². The molecule has 6 aromatic carbocycles. The third-order valence-electron chi connectivity index (χ3n) is 16.5. The molecule has 0 heterocycles. The number of fused-ring (bicyclic) bond motifs is 2. The van der Waals surface area contributed by atoms with Crippen molar-refractivity contribution >= 4 is 48.1 Å². The van der Waals surface area contributed by atoms with Gasteiger partial charge in [-0.3, -0.25) is 0 Å². The van der Waals surface area contributed by atoms with Gasteiger partial charge in [0.05, 0.1) is 0 Å². The summed E-state index contributed by atoms with van der Waals surface area (Å²) >= 11 is -0.826. The summed E-state index contributed by atoms with van der Waals surface area (Å²) in [5.74, 6) is 6.72. The van der Waals surface area contributed by atoms with Gasteiger partial charge in [0.25, 0.3) is 0 Å². The van der Waals surface area contributed by atoms with E-state index in [0.29, 0.717) is 16.7 Å². The second-order valence-electron chi connectivity index (χ2n) is 20.9. The van der Waals surface area contributed by atoms with Crippen molar-refractivity contribution in [2.75, 3.05) is 0 Å². The van der Waals surface area contributed by atoms with Gasteiger partial charge in [-0.1, -0.05) is 112 Å². The third-order valence-corrected chi connectivity index (χ3v) is 16.5. The van der Waals surface area contributed by atoms with Gasteiger partial charge in [0.15, 0.2) is 0 Å². The second kappa shape index (κ2) is 18.7. The molecule has 1 unspecified atom stereocenters. The van der Waals surface area contributed by atoms with Crippen LogP contribution in [0.1, 0.15) is 125 Å². The van der Waals surface area contributed by atoms with Crippen molar-refractivity contribution in [3.63, 3.8) is 0 Å². The number of benzene rings is 4. The zero-order valence-corrected chi connectivity index (χ0v) is 42.4. The first kappa shape index (κ1) is 44.0. The quantitative estimate of drug-likeness (QED) is 0.115. The first-order valence-corrected chi connectivity index (χ1v) is 32.1. The zero-order chi connectivity index (χ0) is 42.3. The second-order valence-corrected chi connectivity index (χ2v) is 25.6. The van der Waals surface area contributed by atoms with E-state index in [2.05, 4.69) is 143 Å². The molecule has 4 heteroatoms. The molecule has 61 heavy (non-hydrogen) atoms. The maximum absolute atomic E-state index is 4.93. The Morgan fingerprint density at radius 2 is 0.951 bits per heavy atom. The van der Waals surface area contributed by atoms with Gasteiger partial charge in [0.1, 0.15) is 0 Å². The molecule has 0 aromatic heterocycles. The fourth-order valence-corrected chi connectivity index (χ4v) is 14.6. The Bertz CT molecular complexity index is 2330. The van der Waals surface area contributed by atoms with E-state index in [9.17, 15) is 0 Å². The molecule has 0 aliphatic heterocycles. The minimum atomic E-state index is -0.826. The van der Waals surface area contributed by atoms with Gasteiger partial charge in [0, 0.05) is 9.52 Å². The van der Waals surface area contributed by atoms with E-state index in [4.69, 9.17) is 17.0 Å². The maximum atomic E-state index is 4.93. The van der Waals surface area contributed by atoms with Crippen LogP contribution in [0.15, 0.2) is 109 Å². The predicted octanol–water partition coefficient (Wildman–Crippen LogP) is 17.4. The molecule has 8 aliphatic rings. The molecule has 0 spiro atoms. The summed E-state index contributed by atoms with van der Waals surface area (Å²) in [6, 6.07) is 42.5. The molecule has 8 fully saturated rings. The number of hydrogen-bond donors (Lipinski definition) is 0. The first-order valence-electron chi connectivity index (χ1n) is 23.8. The van der Waals surface area contributed by atoms with Crippen molar-refractivity contribution in [3.8, 4) is 22.3 Å². The zero-order valence-electron chi connectivity index (χ0n) is 37.4. The molecule has 0 saturated heterocycles. The summed E-state index contributed by atoms with van der Waals surface area (Å²) in [7, 11) is 11.0. The van der Waals surface area contributed by atoms with Gasteiger partial charge in [-0.25, -0.2) is 0 Å². The Kier molecular flexibility index (Phi) is 13.5. The van der Waals surface area contributed by atoms with Crippen LogP contribution in [0.5, 0.6) is 0 Å². The van der Waals surface area contributed by atoms with Crippen molar-refractivity contribution in [1.82, 2.24) is 0 Å². The van der Waals surface area contributed by atoms with E-state index >= 15 is 0 Å². The normalized spacial score (nSPS) is 29.2. The topological polar surface area (TPSA) is 0 Å². The molecule has 8 saturated carbocycles. The summed E-state index contributed by atoms with van der Waals surface area (Å²) in [6.45, 7) is 11.1. The van der Waals surface area contributed by atoms with Crippen LogP contribution in [0.25, 0.3) is 43.8 Å². The monoisotopic (exact) mass is 938 g/mol. The van der Waals surface area contributed by atoms with Crippen LogP contribution in [-0.4, -0.2) is 9.52 Å². The first-order chi connectivity index (χ1) is 29.6. The molecule has 316 valence electrons. The molecule has 0 amide bonds. The van der Waals surface area contributed by atoms with Gasteiger partial charge in [-0.2, -0.15) is 12.1 Å². The number of rotatable bonds is 6. The van der Waals surface area contributed by atoms with Crippen LogP contribution in [0.2, 0.25) is 13.1 Å². The average molecular weight is 941 g/mol. The minimum absolute atomic E-state index is 0.503. The van der Waals surface area contributed by atoms with Gasteiger partial charge in [0.2, 0.25) is 0 Å². The molecule has 2 radical (unpaired) electrons. The van der Waals surface area contributed by atoms with Gasteiger partial charge < -0.3 is 0 Å². The Hall–Kier alpha value is -2.22. The Balaban J connectivity index is 0.000000139. The number of halogens is 2. The summed E-state index contributed by atoms with van der Waals surface area (Å²) in [5.41, 5.74) is 12.7. The van der Waals surface area contributed by atoms with Crippen LogP contribution < -0.4 is 0 Å². The molecule has 8 bridgehead atoms. The molecule has 0 nitrogen and oxygen atoms in total. The van der Waals surface area contributed by atoms with Gasteiger partial charge in [-0.05, 0) is 152 Å². The molecule has 0 N–H and O–H groups in total. The van der Waals surface area contributed by atoms with Crippen LogP contribution in [0.3, 0.4) is 0 Å². The Morgan fingerprint density at radius 1 is 0.590 bits per heavy atom. The van der Waals surface area contributed by atoms with E-state index in [1.54, 1.807) is 11.1 Å². The molecule has 8 aliphatic carbocycles. The Morgan fingerprint density at radius 3 is 1.33 bits per heavy atom. The Labute approximate surface area is 389 Å². The van der Waals surface area contributed by atoms with E-state index in [-0.39, 0.29) is 0 Å². The van der Waals surface area contributed by atoms with E-state index < -0.39 is 20.8 Å². The average Bonchev–Trinajstić information content (AvgIpc) is 3.87. The van der Waals surface area contributed by atoms with Crippen LogP contribution in [0.4, 0.5) is 0 Å². The summed E-state index contributed by atoms with van der Waals surface area (Å²) in [4.78, 5) is 0. The molecule has 6 aromatic rings. The summed E-state index contributed by atoms with van der Waals surface area (Å²) in [5, 5.41) is 5.58. The summed E-state index contributed by atoms with van der Waals surface area (Å²) in [6.07, 6.45) is 19.1. The van der Waals surface area contributed by atoms with E-state index in [1.807, 2.05) is 0 Å². The number of aryl methyl sites for hydroxylation is 1.